The number of imidazole rings is 1. The number of rotatable bonds is 8. The second-order valence-corrected chi connectivity index (χ2v) is 9.93. The van der Waals surface area contributed by atoms with Gasteiger partial charge in [0.1, 0.15) is 29.7 Å². The van der Waals surface area contributed by atoms with Crippen molar-refractivity contribution in [2.45, 2.75) is 18.3 Å². The summed E-state index contributed by atoms with van der Waals surface area (Å²) in [7, 11) is 5.95. The number of hydrogen-bond donors (Lipinski definition) is 1. The van der Waals surface area contributed by atoms with E-state index in [0.29, 0.717) is 18.8 Å². The van der Waals surface area contributed by atoms with Crippen LogP contribution in [0.4, 0.5) is 10.5 Å². The van der Waals surface area contributed by atoms with E-state index in [0.717, 1.165) is 51.4 Å². The van der Waals surface area contributed by atoms with E-state index in [2.05, 4.69) is 5.32 Å². The first-order chi connectivity index (χ1) is 17.4. The Balaban J connectivity index is 1.24. The molecule has 1 aliphatic heterocycles. The van der Waals surface area contributed by atoms with Crippen LogP contribution in [0.15, 0.2) is 66.7 Å². The monoisotopic (exact) mass is 502 g/mol. The maximum Gasteiger partial charge on any atom is 0.286 e. The van der Waals surface area contributed by atoms with Gasteiger partial charge in [-0.25, -0.2) is 4.98 Å². The highest BCUT2D eigenvalue weighted by Crippen LogP contribution is 2.29. The molecular weight excluding hydrogens is 476 g/mol. The summed E-state index contributed by atoms with van der Waals surface area (Å²) in [5.41, 5.74) is 3.85. The minimum absolute atomic E-state index is 0.234. The molecule has 3 aromatic carbocycles. The van der Waals surface area contributed by atoms with Gasteiger partial charge in [0.15, 0.2) is 0 Å². The predicted octanol–water partition coefficient (Wildman–Crippen LogP) is 4.90. The van der Waals surface area contributed by atoms with Gasteiger partial charge in [0, 0.05) is 39.0 Å². The van der Waals surface area contributed by atoms with Gasteiger partial charge >= 0.3 is 0 Å². The summed E-state index contributed by atoms with van der Waals surface area (Å²) < 4.78 is 14.1. The Hall–Kier alpha value is -3.98. The zero-order valence-corrected chi connectivity index (χ0v) is 21.0. The van der Waals surface area contributed by atoms with Crippen molar-refractivity contribution in [1.29, 1.82) is 0 Å². The number of ether oxygens (including phenoxy) is 2. The maximum absolute atomic E-state index is 11.8. The van der Waals surface area contributed by atoms with Crippen molar-refractivity contribution < 1.29 is 19.1 Å². The molecule has 1 N–H and O–H groups in total. The van der Waals surface area contributed by atoms with E-state index in [1.54, 1.807) is 0 Å². The zero-order valence-electron chi connectivity index (χ0n) is 20.2. The third kappa shape index (κ3) is 5.16. The average Bonchev–Trinajstić information content (AvgIpc) is 3.35. The van der Waals surface area contributed by atoms with E-state index in [9.17, 15) is 9.59 Å². The normalized spacial score (nSPS) is 15.2. The molecule has 1 fully saturated rings. The summed E-state index contributed by atoms with van der Waals surface area (Å²) in [5.74, 6) is 2.77. The van der Waals surface area contributed by atoms with Crippen LogP contribution in [0.25, 0.3) is 11.0 Å². The van der Waals surface area contributed by atoms with Gasteiger partial charge in [-0.15, -0.1) is 0 Å². The van der Waals surface area contributed by atoms with E-state index in [1.807, 2.05) is 97.3 Å². The molecule has 0 saturated carbocycles. The first-order valence-electron chi connectivity index (χ1n) is 11.5. The fourth-order valence-corrected chi connectivity index (χ4v) is 4.84. The second kappa shape index (κ2) is 9.94. The maximum atomic E-state index is 11.8. The molecular formula is C27H26N4O4S. The Bertz CT molecular complexity index is 1430. The fraction of sp³-hybridized carbons (Fsp3) is 0.222. The molecule has 36 heavy (non-hydrogen) atoms. The number of carbonyl (C=O) groups excluding carboxylic acids is 2. The fourth-order valence-electron chi connectivity index (χ4n) is 3.98. The number of nitrogens with one attached hydrogen (secondary N) is 1. The lowest BCUT2D eigenvalue weighted by molar-refractivity contribution is -0.118. The summed E-state index contributed by atoms with van der Waals surface area (Å²) in [6.07, 6.45) is 0.497. The van der Waals surface area contributed by atoms with Crippen LogP contribution in [-0.4, -0.2) is 40.0 Å². The Labute approximate surface area is 213 Å². The van der Waals surface area contributed by atoms with Gasteiger partial charge < -0.3 is 18.9 Å². The minimum Gasteiger partial charge on any atom is -0.486 e. The Morgan fingerprint density at radius 2 is 1.75 bits per heavy atom. The molecule has 1 atom stereocenters. The van der Waals surface area contributed by atoms with Gasteiger partial charge in [0.05, 0.1) is 16.3 Å². The quantitative estimate of drug-likeness (QED) is 0.367. The Morgan fingerprint density at radius 3 is 2.47 bits per heavy atom. The molecule has 4 aromatic rings. The summed E-state index contributed by atoms with van der Waals surface area (Å²) in [4.78, 5) is 29.9. The standard InChI is InChI=1S/C27H26N4O4S/c1-30(2)18-5-4-6-20(14-18)35-21-11-12-22-23(15-21)31(3)25(28-22)16-34-19-9-7-17(8-10-19)13-24-26(32)29-27(33)36-24/h4-12,14-15,24H,13,16H2,1-3H3,(H,29,32,33). The molecule has 9 heteroatoms. The zero-order chi connectivity index (χ0) is 25.2. The van der Waals surface area contributed by atoms with Crippen molar-refractivity contribution >= 4 is 39.6 Å². The van der Waals surface area contributed by atoms with Crippen LogP contribution in [0.3, 0.4) is 0 Å². The van der Waals surface area contributed by atoms with Crippen LogP contribution in [0, 0.1) is 0 Å². The molecule has 1 saturated heterocycles. The number of hydrogen-bond acceptors (Lipinski definition) is 7. The highest BCUT2D eigenvalue weighted by Gasteiger charge is 2.31. The minimum atomic E-state index is -0.380. The number of imide groups is 1. The van der Waals surface area contributed by atoms with Gasteiger partial charge in [-0.2, -0.15) is 0 Å². The van der Waals surface area contributed by atoms with E-state index in [4.69, 9.17) is 14.5 Å². The number of benzene rings is 3. The van der Waals surface area contributed by atoms with Crippen molar-refractivity contribution in [3.63, 3.8) is 0 Å². The van der Waals surface area contributed by atoms with Crippen LogP contribution in [0.5, 0.6) is 17.2 Å². The molecule has 0 bridgehead atoms. The lowest BCUT2D eigenvalue weighted by Crippen LogP contribution is -2.25. The van der Waals surface area contributed by atoms with E-state index in [1.165, 1.54) is 0 Å². The molecule has 184 valence electrons. The number of thioether (sulfide) groups is 1. The Morgan fingerprint density at radius 1 is 1.00 bits per heavy atom. The lowest BCUT2D eigenvalue weighted by Gasteiger charge is -2.14. The Kier molecular flexibility index (Phi) is 6.56. The molecule has 1 unspecified atom stereocenters. The van der Waals surface area contributed by atoms with Crippen molar-refractivity contribution in [3.8, 4) is 17.2 Å². The van der Waals surface area contributed by atoms with Crippen LogP contribution in [0.2, 0.25) is 0 Å². The number of aromatic nitrogens is 2. The van der Waals surface area contributed by atoms with Crippen LogP contribution in [0.1, 0.15) is 11.4 Å². The van der Waals surface area contributed by atoms with E-state index >= 15 is 0 Å². The van der Waals surface area contributed by atoms with Crippen molar-refractivity contribution in [1.82, 2.24) is 14.9 Å². The number of amides is 2. The first-order valence-corrected chi connectivity index (χ1v) is 12.4. The molecule has 5 rings (SSSR count). The second-order valence-electron chi connectivity index (χ2n) is 8.75. The SMILES string of the molecule is CN(C)c1cccc(Oc2ccc3nc(COc4ccc(CC5SC(=O)NC5=O)cc4)n(C)c3c2)c1. The van der Waals surface area contributed by atoms with Crippen LogP contribution in [-0.2, 0) is 24.9 Å². The molecule has 1 aliphatic rings. The van der Waals surface area contributed by atoms with Crippen molar-refractivity contribution in [2.75, 3.05) is 19.0 Å². The molecule has 2 heterocycles. The van der Waals surface area contributed by atoms with Crippen molar-refractivity contribution in [2.24, 2.45) is 7.05 Å². The van der Waals surface area contributed by atoms with Gasteiger partial charge in [0.25, 0.3) is 5.24 Å². The molecule has 1 aromatic heterocycles. The molecule has 0 aliphatic carbocycles. The first kappa shape index (κ1) is 23.7. The van der Waals surface area contributed by atoms with Crippen LogP contribution >= 0.6 is 11.8 Å². The summed E-state index contributed by atoms with van der Waals surface area (Å²) in [5, 5.41) is 1.65. The lowest BCUT2D eigenvalue weighted by atomic mass is 10.1. The number of anilines is 1. The van der Waals surface area contributed by atoms with Gasteiger partial charge in [-0.3, -0.25) is 14.9 Å². The largest absolute Gasteiger partial charge is 0.486 e. The van der Waals surface area contributed by atoms with Crippen molar-refractivity contribution in [3.05, 3.63) is 78.1 Å². The van der Waals surface area contributed by atoms with E-state index < -0.39 is 0 Å². The number of fused-ring (bicyclic) bond motifs is 1. The smallest absolute Gasteiger partial charge is 0.286 e. The summed E-state index contributed by atoms with van der Waals surface area (Å²) in [6.45, 7) is 0.307. The highest BCUT2D eigenvalue weighted by molar-refractivity contribution is 8.15. The van der Waals surface area contributed by atoms with Gasteiger partial charge in [0.2, 0.25) is 5.91 Å². The molecule has 8 nitrogen and oxygen atoms in total. The third-order valence-electron chi connectivity index (χ3n) is 5.99. The average molecular weight is 503 g/mol. The third-order valence-corrected chi connectivity index (χ3v) is 6.98. The summed E-state index contributed by atoms with van der Waals surface area (Å²) in [6, 6.07) is 21.3. The number of nitrogens with zero attached hydrogens (tertiary/aromatic N) is 3. The highest BCUT2D eigenvalue weighted by atomic mass is 32.2. The molecule has 0 spiro atoms. The van der Waals surface area contributed by atoms with Gasteiger partial charge in [-0.1, -0.05) is 30.0 Å². The number of aryl methyl sites for hydroxylation is 1. The van der Waals surface area contributed by atoms with Gasteiger partial charge in [-0.05, 0) is 48.4 Å². The van der Waals surface area contributed by atoms with Crippen LogP contribution < -0.4 is 19.7 Å². The topological polar surface area (TPSA) is 85.7 Å². The number of carbonyl (C=O) groups is 2. The predicted molar refractivity (Wildman–Crippen MR) is 141 cm³/mol. The molecule has 2 amide bonds. The molecule has 0 radical (unpaired) electrons. The van der Waals surface area contributed by atoms with E-state index in [-0.39, 0.29) is 16.4 Å². The summed E-state index contributed by atoms with van der Waals surface area (Å²) >= 11 is 1.03.